The van der Waals surface area contributed by atoms with Crippen molar-refractivity contribution in [1.29, 1.82) is 0 Å². The van der Waals surface area contributed by atoms with E-state index in [9.17, 15) is 0 Å². The van der Waals surface area contributed by atoms with Crippen molar-refractivity contribution in [2.75, 3.05) is 26.2 Å². The van der Waals surface area contributed by atoms with Crippen LogP contribution < -0.4 is 5.32 Å². The Morgan fingerprint density at radius 2 is 2.00 bits per heavy atom. The third kappa shape index (κ3) is 3.75. The average molecular weight is 257 g/mol. The predicted molar refractivity (Wildman–Crippen MR) is 81.2 cm³/mol. The van der Waals surface area contributed by atoms with E-state index in [1.54, 1.807) is 0 Å². The lowest BCUT2D eigenvalue weighted by Crippen LogP contribution is -2.31. The fraction of sp³-hybridized carbons (Fsp3) is 0.438. The SMILES string of the molecule is CCNCCN(CC)Cc1cccc2cccnc12. The molecule has 0 spiro atoms. The highest BCUT2D eigenvalue weighted by molar-refractivity contribution is 5.81. The van der Waals surface area contributed by atoms with E-state index in [4.69, 9.17) is 0 Å². The zero-order chi connectivity index (χ0) is 13.5. The van der Waals surface area contributed by atoms with Gasteiger partial charge in [0.15, 0.2) is 0 Å². The number of nitrogens with zero attached hydrogens (tertiary/aromatic N) is 2. The van der Waals surface area contributed by atoms with Crippen molar-refractivity contribution in [1.82, 2.24) is 15.2 Å². The number of rotatable bonds is 7. The third-order valence-corrected chi connectivity index (χ3v) is 3.41. The maximum Gasteiger partial charge on any atom is 0.0746 e. The molecule has 2 aromatic rings. The van der Waals surface area contributed by atoms with Crippen LogP contribution in [0.3, 0.4) is 0 Å². The monoisotopic (exact) mass is 257 g/mol. The molecule has 0 aliphatic rings. The summed E-state index contributed by atoms with van der Waals surface area (Å²) in [6, 6.07) is 10.6. The number of hydrogen-bond acceptors (Lipinski definition) is 3. The summed E-state index contributed by atoms with van der Waals surface area (Å²) < 4.78 is 0. The molecule has 2 rings (SSSR count). The summed E-state index contributed by atoms with van der Waals surface area (Å²) in [4.78, 5) is 6.97. The lowest BCUT2D eigenvalue weighted by Gasteiger charge is -2.21. The predicted octanol–water partition coefficient (Wildman–Crippen LogP) is 2.67. The molecule has 0 aliphatic heterocycles. The topological polar surface area (TPSA) is 28.2 Å². The van der Waals surface area contributed by atoms with Gasteiger partial charge in [-0.3, -0.25) is 9.88 Å². The molecule has 0 unspecified atom stereocenters. The molecule has 1 heterocycles. The van der Waals surface area contributed by atoms with Crippen LogP contribution in [0.15, 0.2) is 36.5 Å². The van der Waals surface area contributed by atoms with Crippen LogP contribution in [0.4, 0.5) is 0 Å². The lowest BCUT2D eigenvalue weighted by molar-refractivity contribution is 0.281. The standard InChI is InChI=1S/C16H23N3/c1-3-17-11-12-19(4-2)13-15-8-5-7-14-9-6-10-18-16(14)15/h5-10,17H,3-4,11-13H2,1-2H3. The summed E-state index contributed by atoms with van der Waals surface area (Å²) in [5, 5.41) is 4.60. The van der Waals surface area contributed by atoms with Gasteiger partial charge in [0.1, 0.15) is 0 Å². The fourth-order valence-electron chi connectivity index (χ4n) is 2.30. The van der Waals surface area contributed by atoms with Crippen LogP contribution in [0.1, 0.15) is 19.4 Å². The molecule has 0 atom stereocenters. The highest BCUT2D eigenvalue weighted by atomic mass is 15.1. The average Bonchev–Trinajstić information content (AvgIpc) is 2.46. The Kier molecular flexibility index (Phi) is 5.31. The molecule has 0 radical (unpaired) electrons. The number of nitrogens with one attached hydrogen (secondary N) is 1. The summed E-state index contributed by atoms with van der Waals surface area (Å²) in [6.07, 6.45) is 1.88. The van der Waals surface area contributed by atoms with E-state index in [0.29, 0.717) is 0 Å². The first-order chi connectivity index (χ1) is 9.35. The van der Waals surface area contributed by atoms with Gasteiger partial charge < -0.3 is 5.32 Å². The molecule has 0 bridgehead atoms. The van der Waals surface area contributed by atoms with Gasteiger partial charge >= 0.3 is 0 Å². The number of likely N-dealkylation sites (N-methyl/N-ethyl adjacent to an activating group) is 2. The molecular formula is C16H23N3. The lowest BCUT2D eigenvalue weighted by atomic mass is 10.1. The van der Waals surface area contributed by atoms with Gasteiger partial charge in [-0.05, 0) is 24.7 Å². The van der Waals surface area contributed by atoms with Crippen LogP contribution in [0.25, 0.3) is 10.9 Å². The first-order valence-electron chi connectivity index (χ1n) is 7.10. The molecule has 1 N–H and O–H groups in total. The number of benzene rings is 1. The van der Waals surface area contributed by atoms with Gasteiger partial charge in [-0.25, -0.2) is 0 Å². The molecule has 1 aromatic carbocycles. The van der Waals surface area contributed by atoms with E-state index in [0.717, 1.165) is 38.2 Å². The van der Waals surface area contributed by atoms with E-state index in [-0.39, 0.29) is 0 Å². The third-order valence-electron chi connectivity index (χ3n) is 3.41. The molecule has 3 heteroatoms. The van der Waals surface area contributed by atoms with Crippen molar-refractivity contribution in [3.8, 4) is 0 Å². The zero-order valence-electron chi connectivity index (χ0n) is 11.9. The quantitative estimate of drug-likeness (QED) is 0.773. The molecule has 0 saturated heterocycles. The first-order valence-corrected chi connectivity index (χ1v) is 7.10. The molecule has 19 heavy (non-hydrogen) atoms. The highest BCUT2D eigenvalue weighted by Gasteiger charge is 2.07. The van der Waals surface area contributed by atoms with Gasteiger partial charge in [0.25, 0.3) is 0 Å². The van der Waals surface area contributed by atoms with Crippen molar-refractivity contribution in [2.24, 2.45) is 0 Å². The minimum absolute atomic E-state index is 0.968. The normalized spacial score (nSPS) is 11.3. The van der Waals surface area contributed by atoms with Crippen LogP contribution in [0.2, 0.25) is 0 Å². The van der Waals surface area contributed by atoms with E-state index in [1.165, 1.54) is 10.9 Å². The van der Waals surface area contributed by atoms with Crippen LogP contribution >= 0.6 is 0 Å². The number of fused-ring (bicyclic) bond motifs is 1. The van der Waals surface area contributed by atoms with Gasteiger partial charge in [-0.15, -0.1) is 0 Å². The van der Waals surface area contributed by atoms with Crippen LogP contribution in [0, 0.1) is 0 Å². The maximum atomic E-state index is 4.52. The Morgan fingerprint density at radius 1 is 1.16 bits per heavy atom. The summed E-state index contributed by atoms with van der Waals surface area (Å²) >= 11 is 0. The number of para-hydroxylation sites is 1. The molecule has 1 aromatic heterocycles. The number of hydrogen-bond donors (Lipinski definition) is 1. The Hall–Kier alpha value is -1.45. The van der Waals surface area contributed by atoms with Gasteiger partial charge in [-0.1, -0.05) is 38.1 Å². The molecule has 102 valence electrons. The van der Waals surface area contributed by atoms with E-state index >= 15 is 0 Å². The smallest absolute Gasteiger partial charge is 0.0746 e. The fourth-order valence-corrected chi connectivity index (χ4v) is 2.30. The molecule has 0 saturated carbocycles. The van der Waals surface area contributed by atoms with Gasteiger partial charge in [0.05, 0.1) is 5.52 Å². The zero-order valence-corrected chi connectivity index (χ0v) is 11.9. The Morgan fingerprint density at radius 3 is 2.79 bits per heavy atom. The van der Waals surface area contributed by atoms with Gasteiger partial charge in [0.2, 0.25) is 0 Å². The number of aromatic nitrogens is 1. The van der Waals surface area contributed by atoms with Gasteiger partial charge in [-0.2, -0.15) is 0 Å². The summed E-state index contributed by atoms with van der Waals surface area (Å²) in [5.41, 5.74) is 2.45. The molecule has 0 aliphatic carbocycles. The van der Waals surface area contributed by atoms with E-state index < -0.39 is 0 Å². The number of pyridine rings is 1. The van der Waals surface area contributed by atoms with Crippen molar-refractivity contribution < 1.29 is 0 Å². The Balaban J connectivity index is 2.10. The summed E-state index contributed by atoms with van der Waals surface area (Å²) in [6.45, 7) is 9.55. The minimum Gasteiger partial charge on any atom is -0.316 e. The van der Waals surface area contributed by atoms with E-state index in [1.807, 2.05) is 12.3 Å². The Labute approximate surface area is 115 Å². The van der Waals surface area contributed by atoms with E-state index in [2.05, 4.69) is 53.3 Å². The molecular weight excluding hydrogens is 234 g/mol. The van der Waals surface area contributed by atoms with Crippen molar-refractivity contribution >= 4 is 10.9 Å². The Bertz CT molecular complexity index is 505. The second-order valence-electron chi connectivity index (χ2n) is 4.71. The minimum atomic E-state index is 0.968. The molecule has 0 amide bonds. The largest absolute Gasteiger partial charge is 0.316 e. The van der Waals surface area contributed by atoms with Crippen LogP contribution in [-0.2, 0) is 6.54 Å². The summed E-state index contributed by atoms with van der Waals surface area (Å²) in [7, 11) is 0. The van der Waals surface area contributed by atoms with Crippen LogP contribution in [-0.4, -0.2) is 36.1 Å². The first kappa shape index (κ1) is 14.0. The van der Waals surface area contributed by atoms with Crippen LogP contribution in [0.5, 0.6) is 0 Å². The van der Waals surface area contributed by atoms with Gasteiger partial charge in [0, 0.05) is 31.2 Å². The summed E-state index contributed by atoms with van der Waals surface area (Å²) in [5.74, 6) is 0. The molecule has 3 nitrogen and oxygen atoms in total. The highest BCUT2D eigenvalue weighted by Crippen LogP contribution is 2.17. The second kappa shape index (κ2) is 7.22. The van der Waals surface area contributed by atoms with Crippen molar-refractivity contribution in [3.63, 3.8) is 0 Å². The molecule has 0 fully saturated rings. The van der Waals surface area contributed by atoms with Crippen molar-refractivity contribution in [2.45, 2.75) is 20.4 Å². The van der Waals surface area contributed by atoms with Crippen molar-refractivity contribution in [3.05, 3.63) is 42.1 Å². The maximum absolute atomic E-state index is 4.52. The second-order valence-corrected chi connectivity index (χ2v) is 4.71.